The van der Waals surface area contributed by atoms with E-state index in [2.05, 4.69) is 55.5 Å². The first-order valence-corrected chi connectivity index (χ1v) is 9.42. The average Bonchev–Trinajstić information content (AvgIpc) is 2.61. The maximum absolute atomic E-state index is 6.51. The zero-order chi connectivity index (χ0) is 16.1. The first kappa shape index (κ1) is 16.0. The molecule has 0 saturated heterocycles. The van der Waals surface area contributed by atoms with Gasteiger partial charge in [-0.1, -0.05) is 84.4 Å². The highest BCUT2D eigenvalue weighted by atomic mass is 35.5. The van der Waals surface area contributed by atoms with Gasteiger partial charge >= 0.3 is 0 Å². The molecule has 0 fully saturated rings. The van der Waals surface area contributed by atoms with Gasteiger partial charge in [0.1, 0.15) is 0 Å². The third kappa shape index (κ3) is 4.11. The molecule has 115 valence electrons. The monoisotopic (exact) mass is 337 g/mol. The van der Waals surface area contributed by atoms with E-state index < -0.39 is 9.04 Å². The van der Waals surface area contributed by atoms with Gasteiger partial charge in [0.05, 0.1) is 6.10 Å². The summed E-state index contributed by atoms with van der Waals surface area (Å²) in [6, 6.07) is 28.8. The third-order valence-corrected chi connectivity index (χ3v) is 6.26. The summed E-state index contributed by atoms with van der Waals surface area (Å²) in [4.78, 5) is 0. The molecule has 1 atom stereocenters. The van der Waals surface area contributed by atoms with Crippen molar-refractivity contribution in [1.29, 1.82) is 0 Å². The van der Waals surface area contributed by atoms with Crippen molar-refractivity contribution in [3.05, 3.63) is 95.5 Å². The fourth-order valence-corrected chi connectivity index (χ4v) is 4.67. The van der Waals surface area contributed by atoms with Gasteiger partial charge in [-0.25, -0.2) is 0 Å². The van der Waals surface area contributed by atoms with Crippen molar-refractivity contribution in [2.24, 2.45) is 0 Å². The van der Waals surface area contributed by atoms with E-state index in [1.165, 1.54) is 10.4 Å². The fraction of sp³-hybridized carbons (Fsp3) is 0.100. The topological polar surface area (TPSA) is 9.23 Å². The molecule has 1 unspecified atom stereocenters. The summed E-state index contributed by atoms with van der Waals surface area (Å²) >= 11 is 5.98. The van der Waals surface area contributed by atoms with Crippen LogP contribution in [-0.4, -0.2) is 9.04 Å². The Labute approximate surface area is 144 Å². The van der Waals surface area contributed by atoms with Crippen LogP contribution in [0.3, 0.4) is 0 Å². The first-order chi connectivity index (χ1) is 11.2. The molecule has 23 heavy (non-hydrogen) atoms. The van der Waals surface area contributed by atoms with Crippen LogP contribution < -0.4 is 10.4 Å². The summed E-state index contributed by atoms with van der Waals surface area (Å²) in [7, 11) is -1.29. The highest BCUT2D eigenvalue weighted by Gasteiger charge is 2.22. The van der Waals surface area contributed by atoms with E-state index in [0.29, 0.717) is 0 Å². The minimum atomic E-state index is -1.29. The lowest BCUT2D eigenvalue weighted by molar-refractivity contribution is 0.237. The molecule has 3 aromatic rings. The fourth-order valence-electron chi connectivity index (χ4n) is 2.46. The van der Waals surface area contributed by atoms with Crippen molar-refractivity contribution in [1.82, 2.24) is 0 Å². The number of benzene rings is 3. The van der Waals surface area contributed by atoms with Crippen LogP contribution in [0.25, 0.3) is 0 Å². The maximum Gasteiger partial charge on any atom is 0.283 e. The van der Waals surface area contributed by atoms with Gasteiger partial charge in [-0.2, -0.15) is 0 Å². The molecule has 3 aromatic carbocycles. The molecule has 0 heterocycles. The summed E-state index contributed by atoms with van der Waals surface area (Å²) in [6.07, 6.45) is 0.0153. The molecule has 1 nitrogen and oxygen atoms in total. The Kier molecular flexibility index (Phi) is 5.29. The van der Waals surface area contributed by atoms with Gasteiger partial charge in [0.25, 0.3) is 9.04 Å². The van der Waals surface area contributed by atoms with Crippen molar-refractivity contribution in [3.8, 4) is 0 Å². The molecule has 0 aliphatic rings. The summed E-state index contributed by atoms with van der Waals surface area (Å²) in [5.41, 5.74) is 1.14. The minimum Gasteiger partial charge on any atom is -0.400 e. The van der Waals surface area contributed by atoms with Gasteiger partial charge in [-0.15, -0.1) is 0 Å². The van der Waals surface area contributed by atoms with E-state index in [0.717, 1.165) is 10.6 Å². The lowest BCUT2D eigenvalue weighted by Gasteiger charge is -2.22. The smallest absolute Gasteiger partial charge is 0.283 e. The molecule has 3 heteroatoms. The maximum atomic E-state index is 6.51. The average molecular weight is 338 g/mol. The molecule has 0 saturated carbocycles. The Bertz CT molecular complexity index is 689. The first-order valence-electron chi connectivity index (χ1n) is 7.64. The summed E-state index contributed by atoms with van der Waals surface area (Å²) in [5, 5.41) is 3.26. The van der Waals surface area contributed by atoms with Gasteiger partial charge in [0, 0.05) is 5.02 Å². The second-order valence-electron chi connectivity index (χ2n) is 5.37. The van der Waals surface area contributed by atoms with Crippen LogP contribution in [0.2, 0.25) is 5.02 Å². The molecule has 0 aromatic heterocycles. The highest BCUT2D eigenvalue weighted by molar-refractivity contribution is 6.80. The number of hydrogen-bond acceptors (Lipinski definition) is 1. The van der Waals surface area contributed by atoms with E-state index in [1.54, 1.807) is 0 Å². The Hall–Kier alpha value is -1.87. The van der Waals surface area contributed by atoms with Crippen molar-refractivity contribution in [2.45, 2.75) is 13.0 Å². The van der Waals surface area contributed by atoms with Crippen LogP contribution in [0.5, 0.6) is 0 Å². The predicted molar refractivity (Wildman–Crippen MR) is 98.9 cm³/mol. The number of halogens is 1. The van der Waals surface area contributed by atoms with Crippen molar-refractivity contribution in [2.75, 3.05) is 0 Å². The molecule has 0 aliphatic heterocycles. The van der Waals surface area contributed by atoms with Gasteiger partial charge in [-0.3, -0.25) is 0 Å². The zero-order valence-corrected chi connectivity index (χ0v) is 14.7. The van der Waals surface area contributed by atoms with E-state index in [4.69, 9.17) is 16.0 Å². The van der Waals surface area contributed by atoms with Crippen molar-refractivity contribution in [3.63, 3.8) is 0 Å². The van der Waals surface area contributed by atoms with Crippen LogP contribution in [0.15, 0.2) is 84.9 Å². The Morgan fingerprint density at radius 3 is 1.70 bits per heavy atom. The normalized spacial score (nSPS) is 12.3. The van der Waals surface area contributed by atoms with Crippen molar-refractivity contribution >= 4 is 31.0 Å². The van der Waals surface area contributed by atoms with E-state index >= 15 is 0 Å². The molecule has 0 aliphatic carbocycles. The standard InChI is InChI=1S/C20H18ClOSi/c1-16(17-12-14-18(21)15-13-17)22-23(19-8-4-2-5-9-19)20-10-6-3-7-11-20/h2-16H,1H3. The predicted octanol–water partition coefficient (Wildman–Crippen LogP) is 4.22. The molecule has 0 bridgehead atoms. The lowest BCUT2D eigenvalue weighted by atomic mass is 10.1. The summed E-state index contributed by atoms with van der Waals surface area (Å²) in [6.45, 7) is 2.10. The number of hydrogen-bond donors (Lipinski definition) is 0. The van der Waals surface area contributed by atoms with Crippen LogP contribution in [0, 0.1) is 0 Å². The van der Waals surface area contributed by atoms with Crippen LogP contribution in [-0.2, 0) is 4.43 Å². The summed E-state index contributed by atoms with van der Waals surface area (Å²) < 4.78 is 6.51. The Morgan fingerprint density at radius 1 is 0.739 bits per heavy atom. The van der Waals surface area contributed by atoms with Gasteiger partial charge < -0.3 is 4.43 Å². The quantitative estimate of drug-likeness (QED) is 0.633. The SMILES string of the molecule is CC(O[Si](c1ccccc1)c1ccccc1)c1ccc(Cl)cc1. The molecular weight excluding hydrogens is 320 g/mol. The van der Waals surface area contributed by atoms with Crippen molar-refractivity contribution < 1.29 is 4.43 Å². The molecule has 0 N–H and O–H groups in total. The van der Waals surface area contributed by atoms with Gasteiger partial charge in [0.15, 0.2) is 0 Å². The van der Waals surface area contributed by atoms with E-state index in [9.17, 15) is 0 Å². The van der Waals surface area contributed by atoms with Crippen LogP contribution in [0.4, 0.5) is 0 Å². The van der Waals surface area contributed by atoms with Crippen LogP contribution >= 0.6 is 11.6 Å². The molecule has 3 rings (SSSR count). The Morgan fingerprint density at radius 2 is 1.22 bits per heavy atom. The largest absolute Gasteiger partial charge is 0.400 e. The van der Waals surface area contributed by atoms with E-state index in [1.807, 2.05) is 36.4 Å². The lowest BCUT2D eigenvalue weighted by Crippen LogP contribution is -2.45. The minimum absolute atomic E-state index is 0.0153. The van der Waals surface area contributed by atoms with E-state index in [-0.39, 0.29) is 6.10 Å². The Balaban J connectivity index is 1.88. The van der Waals surface area contributed by atoms with Crippen LogP contribution in [0.1, 0.15) is 18.6 Å². The molecule has 0 spiro atoms. The second-order valence-corrected chi connectivity index (χ2v) is 7.86. The summed E-state index contributed by atoms with van der Waals surface area (Å²) in [5.74, 6) is 0. The zero-order valence-electron chi connectivity index (χ0n) is 12.9. The highest BCUT2D eigenvalue weighted by Crippen LogP contribution is 2.20. The second kappa shape index (κ2) is 7.60. The van der Waals surface area contributed by atoms with Gasteiger partial charge in [0.2, 0.25) is 0 Å². The third-order valence-electron chi connectivity index (χ3n) is 3.71. The van der Waals surface area contributed by atoms with Gasteiger partial charge in [-0.05, 0) is 35.0 Å². The molecular formula is C20H18ClOSi. The molecule has 0 amide bonds. The molecule has 1 radical (unpaired) electrons. The number of rotatable bonds is 5.